The average Bonchev–Trinajstić information content (AvgIpc) is 4.17. The molecular weight excluding hydrogens is 813 g/mol. The normalized spacial score (nSPS) is 11.7. The Kier molecular flexibility index (Phi) is 12.4. The van der Waals surface area contributed by atoms with Crippen molar-refractivity contribution in [2.45, 2.75) is 13.8 Å². The van der Waals surface area contributed by atoms with Crippen LogP contribution in [-0.4, -0.2) is 75.5 Å². The summed E-state index contributed by atoms with van der Waals surface area (Å²) < 4.78 is 10.2. The number of nitrogens with one attached hydrogen (secondary N) is 3. The summed E-state index contributed by atoms with van der Waals surface area (Å²) in [5, 5.41) is 2.92. The maximum absolute atomic E-state index is 13.3. The first kappa shape index (κ1) is 42.2. The molecule has 65 heavy (non-hydrogen) atoms. The van der Waals surface area contributed by atoms with E-state index in [0.29, 0.717) is 5.69 Å². The van der Waals surface area contributed by atoms with E-state index in [1.807, 2.05) is 84.9 Å². The van der Waals surface area contributed by atoms with Crippen LogP contribution < -0.4 is 5.32 Å². The van der Waals surface area contributed by atoms with Crippen molar-refractivity contribution in [3.63, 3.8) is 0 Å². The second-order valence-electron chi connectivity index (χ2n) is 15.5. The molecule has 0 fully saturated rings. The van der Waals surface area contributed by atoms with Gasteiger partial charge in [-0.25, -0.2) is 9.97 Å². The molecule has 3 aromatic heterocycles. The Bertz CT molecular complexity index is 3060. The van der Waals surface area contributed by atoms with Crippen LogP contribution in [0.1, 0.15) is 36.6 Å². The number of amides is 1. The molecular formula is C54H46N6O5. The van der Waals surface area contributed by atoms with Gasteiger partial charge in [0.05, 0.1) is 55.6 Å². The minimum absolute atomic E-state index is 0.183. The van der Waals surface area contributed by atoms with Crippen molar-refractivity contribution in [1.82, 2.24) is 24.8 Å². The number of carbonyl (C=O) groups excluding carboxylic acids is 3. The topological polar surface area (TPSA) is 142 Å². The van der Waals surface area contributed by atoms with Crippen LogP contribution in [0.2, 0.25) is 0 Å². The molecule has 0 aliphatic carbocycles. The molecule has 11 nitrogen and oxygen atoms in total. The molecule has 4 aromatic carbocycles. The molecule has 0 spiro atoms. The van der Waals surface area contributed by atoms with Gasteiger partial charge in [-0.3, -0.25) is 19.3 Å². The number of nitrogens with zero attached hydrogens (tertiary/aromatic N) is 3. The zero-order valence-corrected chi connectivity index (χ0v) is 36.0. The third-order valence-corrected chi connectivity index (χ3v) is 11.1. The van der Waals surface area contributed by atoms with E-state index in [1.54, 1.807) is 13.8 Å². The molecule has 11 heteroatoms. The smallest absolute Gasteiger partial charge is 0.320 e. The summed E-state index contributed by atoms with van der Waals surface area (Å²) in [4.78, 5) is 57.7. The van der Waals surface area contributed by atoms with Gasteiger partial charge in [-0.05, 0) is 96.8 Å². The molecule has 0 saturated carbocycles. The SMILES string of the molecule is CCOC(=O)CN(CC(=O)Nc1ccc(-c2c3nc(c(-c4ccccc4)c4ccc([nH]4)c(-c4ccccc4)c4nc(c(-c5ccccc5)c5ccc2[nH]5)C=C4)C=C3)cc1)CC(=O)OCC. The van der Waals surface area contributed by atoms with Gasteiger partial charge in [-0.15, -0.1) is 0 Å². The second-order valence-corrected chi connectivity index (χ2v) is 15.5. The number of rotatable bonds is 13. The number of hydrogen-bond donors (Lipinski definition) is 3. The summed E-state index contributed by atoms with van der Waals surface area (Å²) in [6.07, 6.45) is 8.27. The number of H-pyrrole nitrogens is 2. The number of esters is 2. The molecule has 322 valence electrons. The van der Waals surface area contributed by atoms with Crippen LogP contribution in [0.25, 0.3) is 90.9 Å². The number of fused-ring (bicyclic) bond motifs is 8. The van der Waals surface area contributed by atoms with Crippen molar-refractivity contribution < 1.29 is 23.9 Å². The van der Waals surface area contributed by atoms with Crippen LogP contribution in [0.4, 0.5) is 5.69 Å². The minimum Gasteiger partial charge on any atom is -0.465 e. The molecule has 8 bridgehead atoms. The van der Waals surface area contributed by atoms with Gasteiger partial charge < -0.3 is 24.8 Å². The van der Waals surface area contributed by atoms with Crippen LogP contribution >= 0.6 is 0 Å². The molecule has 3 N–H and O–H groups in total. The van der Waals surface area contributed by atoms with Crippen LogP contribution in [0, 0.1) is 0 Å². The number of carbonyl (C=O) groups is 3. The zero-order valence-electron chi connectivity index (χ0n) is 36.0. The monoisotopic (exact) mass is 858 g/mol. The van der Waals surface area contributed by atoms with Crippen molar-refractivity contribution in [3.05, 3.63) is 162 Å². The van der Waals surface area contributed by atoms with Gasteiger partial charge in [-0.2, -0.15) is 0 Å². The molecule has 0 radical (unpaired) electrons. The van der Waals surface area contributed by atoms with Crippen molar-refractivity contribution in [1.29, 1.82) is 0 Å². The summed E-state index contributed by atoms with van der Waals surface area (Å²) in [7, 11) is 0. The number of benzene rings is 4. The Morgan fingerprint density at radius 3 is 1.14 bits per heavy atom. The van der Waals surface area contributed by atoms with Crippen molar-refractivity contribution >= 4 is 69.9 Å². The van der Waals surface area contributed by atoms with Crippen molar-refractivity contribution in [2.75, 3.05) is 38.2 Å². The number of aromatic amines is 2. The van der Waals surface area contributed by atoms with E-state index in [9.17, 15) is 14.4 Å². The maximum atomic E-state index is 13.3. The van der Waals surface area contributed by atoms with E-state index in [2.05, 4.69) is 94.2 Å². The van der Waals surface area contributed by atoms with E-state index in [0.717, 1.165) is 89.4 Å². The quantitative estimate of drug-likeness (QED) is 0.0973. The van der Waals surface area contributed by atoms with Crippen molar-refractivity contribution in [2.24, 2.45) is 0 Å². The van der Waals surface area contributed by atoms with Gasteiger partial charge in [0, 0.05) is 50.0 Å². The predicted octanol–water partition coefficient (Wildman–Crippen LogP) is 10.7. The Labute approximate surface area is 376 Å². The Morgan fingerprint density at radius 1 is 0.462 bits per heavy atom. The third kappa shape index (κ3) is 9.32. The number of hydrogen-bond acceptors (Lipinski definition) is 8. The highest BCUT2D eigenvalue weighted by atomic mass is 16.5. The molecule has 9 rings (SSSR count). The van der Waals surface area contributed by atoms with Gasteiger partial charge in [0.2, 0.25) is 5.91 Å². The van der Waals surface area contributed by atoms with Gasteiger partial charge in [0.1, 0.15) is 0 Å². The molecule has 1 amide bonds. The summed E-state index contributed by atoms with van der Waals surface area (Å²) in [5.41, 5.74) is 14.9. The van der Waals surface area contributed by atoms with E-state index in [1.165, 1.54) is 4.90 Å². The lowest BCUT2D eigenvalue weighted by Crippen LogP contribution is -2.41. The molecule has 0 atom stereocenters. The molecule has 5 heterocycles. The fraction of sp³-hybridized carbons (Fsp3) is 0.130. The standard InChI is InChI=1S/C54H46N6O5/c1-3-64-49(62)33-60(34-50(63)65-4-2)32-48(61)55-39-22-20-38(21-23-39)54-46-30-28-44(58-46)52(36-16-10-6-11-17-36)42-26-24-40(56-42)51(35-14-8-5-9-15-35)41-25-27-43(57-41)53(37-18-12-7-13-19-37)45-29-31-47(54)59-45/h5-31,56,59H,3-4,32-34H2,1-2H3,(H,55,61). The van der Waals surface area contributed by atoms with E-state index in [-0.39, 0.29) is 32.8 Å². The first-order valence-electron chi connectivity index (χ1n) is 21.6. The zero-order chi connectivity index (χ0) is 44.7. The highest BCUT2D eigenvalue weighted by Gasteiger charge is 2.21. The van der Waals surface area contributed by atoms with Crippen molar-refractivity contribution in [3.8, 4) is 44.5 Å². The first-order chi connectivity index (χ1) is 31.8. The fourth-order valence-electron chi connectivity index (χ4n) is 8.30. The lowest BCUT2D eigenvalue weighted by Gasteiger charge is -2.19. The predicted molar refractivity (Wildman–Crippen MR) is 259 cm³/mol. The van der Waals surface area contributed by atoms with Gasteiger partial charge in [0.25, 0.3) is 0 Å². The van der Waals surface area contributed by atoms with Crippen LogP contribution in [-0.2, 0) is 23.9 Å². The highest BCUT2D eigenvalue weighted by molar-refractivity contribution is 6.00. The number of aromatic nitrogens is 4. The maximum Gasteiger partial charge on any atom is 0.320 e. The summed E-state index contributed by atoms with van der Waals surface area (Å²) in [5.74, 6) is -1.48. The molecule has 2 aliphatic heterocycles. The Morgan fingerprint density at radius 2 is 0.800 bits per heavy atom. The Hall–Kier alpha value is -8.15. The van der Waals surface area contributed by atoms with Gasteiger partial charge in [0.15, 0.2) is 0 Å². The molecule has 0 saturated heterocycles. The number of anilines is 1. The Balaban J connectivity index is 1.21. The van der Waals surface area contributed by atoms with Crippen LogP contribution in [0.5, 0.6) is 0 Å². The minimum atomic E-state index is -0.539. The summed E-state index contributed by atoms with van der Waals surface area (Å²) >= 11 is 0. The van der Waals surface area contributed by atoms with Crippen LogP contribution in [0.3, 0.4) is 0 Å². The molecule has 2 aliphatic rings. The van der Waals surface area contributed by atoms with E-state index < -0.39 is 17.8 Å². The molecule has 7 aromatic rings. The third-order valence-electron chi connectivity index (χ3n) is 11.1. The van der Waals surface area contributed by atoms with E-state index in [4.69, 9.17) is 19.4 Å². The second kappa shape index (κ2) is 19.1. The first-order valence-corrected chi connectivity index (χ1v) is 21.6. The number of ether oxygens (including phenoxy) is 2. The molecule has 0 unspecified atom stereocenters. The lowest BCUT2D eigenvalue weighted by atomic mass is 10.0. The summed E-state index contributed by atoms with van der Waals surface area (Å²) in [6.45, 7) is 3.06. The van der Waals surface area contributed by atoms with Gasteiger partial charge >= 0.3 is 11.9 Å². The fourth-order valence-corrected chi connectivity index (χ4v) is 8.30. The van der Waals surface area contributed by atoms with Gasteiger partial charge in [-0.1, -0.05) is 103 Å². The lowest BCUT2D eigenvalue weighted by molar-refractivity contribution is -0.148. The van der Waals surface area contributed by atoms with Crippen LogP contribution in [0.15, 0.2) is 140 Å². The van der Waals surface area contributed by atoms with E-state index >= 15 is 0 Å². The summed E-state index contributed by atoms with van der Waals surface area (Å²) in [6, 6.07) is 46.8. The largest absolute Gasteiger partial charge is 0.465 e. The average molecular weight is 859 g/mol. The highest BCUT2D eigenvalue weighted by Crippen LogP contribution is 2.38.